The number of hydrogen-bond acceptors (Lipinski definition) is 4. The van der Waals surface area contributed by atoms with Crippen molar-refractivity contribution in [3.63, 3.8) is 0 Å². The van der Waals surface area contributed by atoms with Crippen molar-refractivity contribution in [3.05, 3.63) is 66.1 Å². The number of aromatic nitrogens is 1. The Hall–Kier alpha value is -2.89. The number of carbonyl (C=O) groups is 1. The number of pyridine rings is 1. The van der Waals surface area contributed by atoms with Gasteiger partial charge >= 0.3 is 0 Å². The first-order valence-corrected chi connectivity index (χ1v) is 7.13. The third kappa shape index (κ3) is 4.29. The van der Waals surface area contributed by atoms with Gasteiger partial charge < -0.3 is 15.8 Å². The van der Waals surface area contributed by atoms with E-state index in [1.165, 1.54) is 6.20 Å². The van der Waals surface area contributed by atoms with Gasteiger partial charge in [0.25, 0.3) is 5.91 Å². The van der Waals surface area contributed by atoms with Gasteiger partial charge in [0.15, 0.2) is 11.6 Å². The van der Waals surface area contributed by atoms with Crippen molar-refractivity contribution in [2.24, 2.45) is 0 Å². The molecule has 0 saturated heterocycles. The van der Waals surface area contributed by atoms with E-state index in [1.807, 2.05) is 0 Å². The number of nitrogens with two attached hydrogens (primary N) is 1. The topological polar surface area (TPSA) is 77.2 Å². The summed E-state index contributed by atoms with van der Waals surface area (Å²) in [4.78, 5) is 15.9. The molecule has 1 heterocycles. The van der Waals surface area contributed by atoms with Crippen LogP contribution in [0.25, 0.3) is 0 Å². The number of nitrogen functional groups attached to an aromatic ring is 1. The zero-order valence-electron chi connectivity index (χ0n) is 12.6. The van der Waals surface area contributed by atoms with Crippen LogP contribution in [0.3, 0.4) is 0 Å². The highest BCUT2D eigenvalue weighted by molar-refractivity contribution is 5.98. The van der Waals surface area contributed by atoms with E-state index in [0.29, 0.717) is 18.6 Å². The van der Waals surface area contributed by atoms with Gasteiger partial charge in [-0.3, -0.25) is 4.79 Å². The molecule has 1 aromatic carbocycles. The number of ether oxygens (including phenoxy) is 1. The first kappa shape index (κ1) is 16.5. The zero-order valence-corrected chi connectivity index (χ0v) is 12.6. The Kier molecular flexibility index (Phi) is 5.68. The van der Waals surface area contributed by atoms with E-state index < -0.39 is 11.7 Å². The molecule has 0 saturated carbocycles. The molecule has 120 valence electrons. The highest BCUT2D eigenvalue weighted by Crippen LogP contribution is 2.20. The maximum absolute atomic E-state index is 14.3. The second kappa shape index (κ2) is 7.93. The van der Waals surface area contributed by atoms with E-state index in [-0.39, 0.29) is 23.7 Å². The molecular formula is C17H18FN3O2. The highest BCUT2D eigenvalue weighted by atomic mass is 19.1. The first-order valence-electron chi connectivity index (χ1n) is 7.13. The van der Waals surface area contributed by atoms with E-state index >= 15 is 0 Å². The van der Waals surface area contributed by atoms with Crippen molar-refractivity contribution in [2.75, 3.05) is 12.3 Å². The number of carbonyl (C=O) groups excluding carboxylic acids is 1. The van der Waals surface area contributed by atoms with Crippen molar-refractivity contribution in [1.82, 2.24) is 10.3 Å². The molecule has 0 radical (unpaired) electrons. The van der Waals surface area contributed by atoms with E-state index in [4.69, 9.17) is 10.5 Å². The summed E-state index contributed by atoms with van der Waals surface area (Å²) in [6.07, 6.45) is 3.82. The average molecular weight is 315 g/mol. The minimum Gasteiger partial charge on any atom is -0.490 e. The standard InChI is InChI=1S/C17H18FN3O2/c1-2-3-10-23-14-8-4-6-12(15(14)18)11-21-17(22)13-7-5-9-20-16(13)19/h2,4-9H,1,3,10-11H2,(H2,19,20)(H,21,22). The van der Waals surface area contributed by atoms with Gasteiger partial charge in [-0.25, -0.2) is 9.37 Å². The summed E-state index contributed by atoms with van der Waals surface area (Å²) in [5.41, 5.74) is 6.22. The quantitative estimate of drug-likeness (QED) is 0.608. The fourth-order valence-electron chi connectivity index (χ4n) is 1.94. The predicted molar refractivity (Wildman–Crippen MR) is 86.5 cm³/mol. The summed E-state index contributed by atoms with van der Waals surface area (Å²) in [6, 6.07) is 7.97. The van der Waals surface area contributed by atoms with Crippen LogP contribution >= 0.6 is 0 Å². The van der Waals surface area contributed by atoms with Gasteiger partial charge in [0.2, 0.25) is 0 Å². The van der Waals surface area contributed by atoms with Gasteiger partial charge in [-0.1, -0.05) is 18.2 Å². The highest BCUT2D eigenvalue weighted by Gasteiger charge is 2.13. The average Bonchev–Trinajstić information content (AvgIpc) is 2.55. The predicted octanol–water partition coefficient (Wildman–Crippen LogP) is 2.69. The Morgan fingerprint density at radius 3 is 2.96 bits per heavy atom. The van der Waals surface area contributed by atoms with Gasteiger partial charge in [-0.2, -0.15) is 0 Å². The Morgan fingerprint density at radius 2 is 2.22 bits per heavy atom. The first-order chi connectivity index (χ1) is 11.1. The summed E-state index contributed by atoms with van der Waals surface area (Å²) in [6.45, 7) is 3.96. The van der Waals surface area contributed by atoms with E-state index in [2.05, 4.69) is 16.9 Å². The van der Waals surface area contributed by atoms with E-state index in [1.54, 1.807) is 36.4 Å². The van der Waals surface area contributed by atoms with Crippen LogP contribution in [0.5, 0.6) is 5.75 Å². The summed E-state index contributed by atoms with van der Waals surface area (Å²) < 4.78 is 19.6. The van der Waals surface area contributed by atoms with Gasteiger partial charge in [-0.15, -0.1) is 6.58 Å². The Labute approximate surface area is 134 Å². The van der Waals surface area contributed by atoms with E-state index in [0.717, 1.165) is 0 Å². The number of nitrogens with zero attached hydrogens (tertiary/aromatic N) is 1. The molecule has 0 aliphatic carbocycles. The molecule has 1 amide bonds. The molecule has 0 bridgehead atoms. The second-order valence-electron chi connectivity index (χ2n) is 4.77. The summed E-state index contributed by atoms with van der Waals surface area (Å²) >= 11 is 0. The second-order valence-corrected chi connectivity index (χ2v) is 4.77. The lowest BCUT2D eigenvalue weighted by atomic mass is 10.2. The molecule has 6 heteroatoms. The Bertz CT molecular complexity index is 704. The Morgan fingerprint density at radius 1 is 1.39 bits per heavy atom. The van der Waals surface area contributed by atoms with Crippen LogP contribution in [0.2, 0.25) is 0 Å². The van der Waals surface area contributed by atoms with Crippen LogP contribution in [0.15, 0.2) is 49.2 Å². The third-order valence-corrected chi connectivity index (χ3v) is 3.15. The number of amides is 1. The lowest BCUT2D eigenvalue weighted by Crippen LogP contribution is -2.24. The molecule has 23 heavy (non-hydrogen) atoms. The molecule has 2 aromatic rings. The molecule has 3 N–H and O–H groups in total. The fraction of sp³-hybridized carbons (Fsp3) is 0.176. The summed E-state index contributed by atoms with van der Waals surface area (Å²) in [7, 11) is 0. The minimum atomic E-state index is -0.490. The van der Waals surface area contributed by atoms with Crippen molar-refractivity contribution in [1.29, 1.82) is 0 Å². The molecular weight excluding hydrogens is 297 g/mol. The normalized spacial score (nSPS) is 10.1. The molecule has 0 atom stereocenters. The molecule has 0 fully saturated rings. The van der Waals surface area contributed by atoms with Crippen LogP contribution in [0.1, 0.15) is 22.3 Å². The van der Waals surface area contributed by atoms with Crippen LogP contribution in [-0.2, 0) is 6.54 Å². The van der Waals surface area contributed by atoms with Gasteiger partial charge in [0.1, 0.15) is 5.82 Å². The van der Waals surface area contributed by atoms with Crippen LogP contribution in [0.4, 0.5) is 10.2 Å². The number of hydrogen-bond donors (Lipinski definition) is 2. The van der Waals surface area contributed by atoms with Crippen molar-refractivity contribution >= 4 is 11.7 Å². The number of nitrogens with one attached hydrogen (secondary N) is 1. The molecule has 0 aliphatic rings. The largest absolute Gasteiger partial charge is 0.490 e. The van der Waals surface area contributed by atoms with Gasteiger partial charge in [-0.05, 0) is 24.6 Å². The van der Waals surface area contributed by atoms with Crippen molar-refractivity contribution in [3.8, 4) is 5.75 Å². The smallest absolute Gasteiger partial charge is 0.255 e. The monoisotopic (exact) mass is 315 g/mol. The van der Waals surface area contributed by atoms with Crippen LogP contribution < -0.4 is 15.8 Å². The molecule has 0 unspecified atom stereocenters. The summed E-state index contributed by atoms with van der Waals surface area (Å²) in [5, 5.41) is 2.62. The molecule has 0 aliphatic heterocycles. The Balaban J connectivity index is 2.03. The van der Waals surface area contributed by atoms with E-state index in [9.17, 15) is 9.18 Å². The molecule has 1 aromatic heterocycles. The molecule has 2 rings (SSSR count). The lowest BCUT2D eigenvalue weighted by molar-refractivity contribution is 0.0951. The fourth-order valence-corrected chi connectivity index (χ4v) is 1.94. The SMILES string of the molecule is C=CCCOc1cccc(CNC(=O)c2cccnc2N)c1F. The number of halogens is 1. The number of rotatable bonds is 7. The third-order valence-electron chi connectivity index (χ3n) is 3.15. The minimum absolute atomic E-state index is 0.0255. The van der Waals surface area contributed by atoms with Gasteiger partial charge in [0.05, 0.1) is 12.2 Å². The number of anilines is 1. The molecule has 0 spiro atoms. The number of benzene rings is 1. The summed E-state index contributed by atoms with van der Waals surface area (Å²) in [5.74, 6) is -0.615. The maximum Gasteiger partial charge on any atom is 0.255 e. The van der Waals surface area contributed by atoms with Crippen molar-refractivity contribution < 1.29 is 13.9 Å². The maximum atomic E-state index is 14.3. The zero-order chi connectivity index (χ0) is 16.7. The van der Waals surface area contributed by atoms with Crippen LogP contribution in [0, 0.1) is 5.82 Å². The van der Waals surface area contributed by atoms with Crippen molar-refractivity contribution in [2.45, 2.75) is 13.0 Å². The molecule has 5 nitrogen and oxygen atoms in total. The van der Waals surface area contributed by atoms with Gasteiger partial charge in [0, 0.05) is 18.3 Å². The lowest BCUT2D eigenvalue weighted by Gasteiger charge is -2.11. The van der Waals surface area contributed by atoms with Crippen LogP contribution in [-0.4, -0.2) is 17.5 Å².